The van der Waals surface area contributed by atoms with Crippen LogP contribution in [0.4, 0.5) is 5.82 Å². The summed E-state index contributed by atoms with van der Waals surface area (Å²) in [6.45, 7) is 0.560. The summed E-state index contributed by atoms with van der Waals surface area (Å²) in [4.78, 5) is 18.0. The molecule has 2 N–H and O–H groups in total. The summed E-state index contributed by atoms with van der Waals surface area (Å²) < 4.78 is 0. The van der Waals surface area contributed by atoms with E-state index in [1.54, 1.807) is 36.4 Å². The van der Waals surface area contributed by atoms with Gasteiger partial charge in [-0.2, -0.15) is 0 Å². The van der Waals surface area contributed by atoms with Gasteiger partial charge in [-0.15, -0.1) is 0 Å². The van der Waals surface area contributed by atoms with Crippen molar-refractivity contribution in [1.82, 2.24) is 9.88 Å². The molecule has 2 aromatic carbocycles. The van der Waals surface area contributed by atoms with Gasteiger partial charge >= 0.3 is 0 Å². The molecule has 0 unspecified atom stereocenters. The van der Waals surface area contributed by atoms with Gasteiger partial charge in [-0.3, -0.25) is 4.79 Å². The molecule has 0 aliphatic carbocycles. The fourth-order valence-electron chi connectivity index (χ4n) is 2.57. The number of carbonyl (C=O) groups is 1. The molecule has 0 aliphatic heterocycles. The number of anilines is 1. The zero-order valence-electron chi connectivity index (χ0n) is 13.5. The van der Waals surface area contributed by atoms with E-state index in [0.29, 0.717) is 12.4 Å². The monoisotopic (exact) mass is 317 g/mol. The van der Waals surface area contributed by atoms with E-state index in [2.05, 4.69) is 29.2 Å². The van der Waals surface area contributed by atoms with Crippen LogP contribution in [0.5, 0.6) is 0 Å². The van der Waals surface area contributed by atoms with Crippen molar-refractivity contribution in [1.29, 1.82) is 0 Å². The Labute approximate surface area is 141 Å². The van der Waals surface area contributed by atoms with Gasteiger partial charge in [-0.25, -0.2) is 4.98 Å². The lowest BCUT2D eigenvalue weighted by Gasteiger charge is -2.16. The molecule has 0 saturated carbocycles. The minimum atomic E-state index is -0.0558. The van der Waals surface area contributed by atoms with Gasteiger partial charge in [-0.05, 0) is 40.1 Å². The number of hydrogen-bond acceptors (Lipinski definition) is 3. The first-order chi connectivity index (χ1) is 11.6. The Balaban J connectivity index is 1.72. The van der Waals surface area contributed by atoms with Crippen molar-refractivity contribution in [2.45, 2.75) is 6.54 Å². The molecule has 0 fully saturated rings. The predicted octanol–water partition coefficient (Wildman–Crippen LogP) is 3.49. The quantitative estimate of drug-likeness (QED) is 0.749. The Hall–Kier alpha value is -3.14. The highest BCUT2D eigenvalue weighted by Crippen LogP contribution is 2.19. The van der Waals surface area contributed by atoms with Crippen molar-refractivity contribution < 1.29 is 4.79 Å². The number of pyridine rings is 1. The first-order valence-corrected chi connectivity index (χ1v) is 7.75. The minimum absolute atomic E-state index is 0.0558. The van der Waals surface area contributed by atoms with Crippen molar-refractivity contribution in [3.8, 4) is 0 Å². The van der Waals surface area contributed by atoms with Crippen LogP contribution in [-0.2, 0) is 11.3 Å². The smallest absolute Gasteiger partial charge is 0.246 e. The zero-order valence-corrected chi connectivity index (χ0v) is 13.5. The highest BCUT2D eigenvalue weighted by Gasteiger charge is 2.08. The van der Waals surface area contributed by atoms with E-state index in [0.717, 1.165) is 11.1 Å². The van der Waals surface area contributed by atoms with Crippen LogP contribution in [-0.4, -0.2) is 22.8 Å². The van der Waals surface area contributed by atoms with Gasteiger partial charge in [0.15, 0.2) is 0 Å². The molecule has 1 aromatic heterocycles. The largest absolute Gasteiger partial charge is 0.384 e. The van der Waals surface area contributed by atoms with Gasteiger partial charge in [0.2, 0.25) is 5.91 Å². The molecule has 24 heavy (non-hydrogen) atoms. The fourth-order valence-corrected chi connectivity index (χ4v) is 2.57. The fraction of sp³-hybridized carbons (Fsp3) is 0.100. The molecular formula is C20H19N3O. The Morgan fingerprint density at radius 2 is 1.92 bits per heavy atom. The lowest BCUT2D eigenvalue weighted by Crippen LogP contribution is -2.24. The van der Waals surface area contributed by atoms with Crippen molar-refractivity contribution in [3.05, 3.63) is 78.0 Å². The summed E-state index contributed by atoms with van der Waals surface area (Å²) >= 11 is 0. The van der Waals surface area contributed by atoms with Gasteiger partial charge in [-0.1, -0.05) is 42.5 Å². The van der Waals surface area contributed by atoms with Gasteiger partial charge in [0.05, 0.1) is 0 Å². The van der Waals surface area contributed by atoms with Crippen LogP contribution in [0, 0.1) is 0 Å². The topological polar surface area (TPSA) is 59.2 Å². The zero-order chi connectivity index (χ0) is 16.9. The van der Waals surface area contributed by atoms with E-state index >= 15 is 0 Å². The van der Waals surface area contributed by atoms with E-state index < -0.39 is 0 Å². The SMILES string of the molecule is CN(Cc1cccc2ccccc12)C(=O)C=Cc1ccc(N)nc1. The Bertz CT molecular complexity index is 880. The van der Waals surface area contributed by atoms with E-state index in [4.69, 9.17) is 5.73 Å². The number of nitrogens with zero attached hydrogens (tertiary/aromatic N) is 2. The Morgan fingerprint density at radius 3 is 2.71 bits per heavy atom. The van der Waals surface area contributed by atoms with E-state index in [-0.39, 0.29) is 5.91 Å². The van der Waals surface area contributed by atoms with Crippen molar-refractivity contribution in [2.24, 2.45) is 0 Å². The first kappa shape index (κ1) is 15.7. The standard InChI is InChI=1S/C20H19N3O/c1-23(20(24)12-10-15-9-11-19(21)22-13-15)14-17-7-4-6-16-5-2-3-8-18(16)17/h2-13H,14H2,1H3,(H2,21,22). The van der Waals surface area contributed by atoms with Crippen LogP contribution in [0.2, 0.25) is 0 Å². The molecule has 1 amide bonds. The molecule has 4 nitrogen and oxygen atoms in total. The Morgan fingerprint density at radius 1 is 1.12 bits per heavy atom. The van der Waals surface area contributed by atoms with Crippen LogP contribution in [0.3, 0.4) is 0 Å². The van der Waals surface area contributed by atoms with Crippen molar-refractivity contribution in [2.75, 3.05) is 12.8 Å². The molecule has 0 saturated heterocycles. The van der Waals surface area contributed by atoms with E-state index in [1.807, 2.05) is 24.3 Å². The average molecular weight is 317 g/mol. The van der Waals surface area contributed by atoms with E-state index in [1.165, 1.54) is 10.8 Å². The number of benzene rings is 2. The third-order valence-corrected chi connectivity index (χ3v) is 3.89. The number of nitrogens with two attached hydrogens (primary N) is 1. The molecule has 3 rings (SSSR count). The molecule has 3 aromatic rings. The van der Waals surface area contributed by atoms with Crippen LogP contribution in [0.15, 0.2) is 66.9 Å². The van der Waals surface area contributed by atoms with Crippen LogP contribution < -0.4 is 5.73 Å². The number of carbonyl (C=O) groups excluding carboxylic acids is 1. The number of rotatable bonds is 4. The van der Waals surface area contributed by atoms with Crippen LogP contribution in [0.1, 0.15) is 11.1 Å². The second-order valence-electron chi connectivity index (χ2n) is 5.68. The van der Waals surface area contributed by atoms with E-state index in [9.17, 15) is 4.79 Å². The molecule has 120 valence electrons. The van der Waals surface area contributed by atoms with Gasteiger partial charge < -0.3 is 10.6 Å². The number of nitrogen functional groups attached to an aromatic ring is 1. The maximum absolute atomic E-state index is 12.3. The summed E-state index contributed by atoms with van der Waals surface area (Å²) in [5.74, 6) is 0.409. The van der Waals surface area contributed by atoms with Gasteiger partial charge in [0, 0.05) is 25.9 Å². The summed E-state index contributed by atoms with van der Waals surface area (Å²) in [5, 5.41) is 2.35. The van der Waals surface area contributed by atoms with Crippen LogP contribution in [0.25, 0.3) is 16.8 Å². The molecule has 4 heteroatoms. The summed E-state index contributed by atoms with van der Waals surface area (Å²) in [5.41, 5.74) is 7.53. The minimum Gasteiger partial charge on any atom is -0.384 e. The molecule has 0 spiro atoms. The first-order valence-electron chi connectivity index (χ1n) is 7.75. The maximum Gasteiger partial charge on any atom is 0.246 e. The third kappa shape index (κ3) is 3.60. The van der Waals surface area contributed by atoms with Gasteiger partial charge in [0.1, 0.15) is 5.82 Å². The van der Waals surface area contributed by atoms with Crippen molar-refractivity contribution in [3.63, 3.8) is 0 Å². The molecule has 0 bridgehead atoms. The van der Waals surface area contributed by atoms with Gasteiger partial charge in [0.25, 0.3) is 0 Å². The number of likely N-dealkylation sites (N-methyl/N-ethyl adjacent to an activating group) is 1. The highest BCUT2D eigenvalue weighted by atomic mass is 16.2. The van der Waals surface area contributed by atoms with Crippen molar-refractivity contribution >= 4 is 28.6 Å². The maximum atomic E-state index is 12.3. The number of aromatic nitrogens is 1. The second-order valence-corrected chi connectivity index (χ2v) is 5.68. The predicted molar refractivity (Wildman–Crippen MR) is 98.1 cm³/mol. The summed E-state index contributed by atoms with van der Waals surface area (Å²) in [7, 11) is 1.80. The molecule has 0 atom stereocenters. The highest BCUT2D eigenvalue weighted by molar-refractivity contribution is 5.92. The average Bonchev–Trinajstić information content (AvgIpc) is 2.61. The molecular weight excluding hydrogens is 298 g/mol. The molecule has 0 radical (unpaired) electrons. The normalized spacial score (nSPS) is 11.0. The third-order valence-electron chi connectivity index (χ3n) is 3.89. The number of amides is 1. The number of fused-ring (bicyclic) bond motifs is 1. The Kier molecular flexibility index (Phi) is 4.57. The molecule has 1 heterocycles. The number of hydrogen-bond donors (Lipinski definition) is 1. The lowest BCUT2D eigenvalue weighted by molar-refractivity contribution is -0.125. The summed E-state index contributed by atoms with van der Waals surface area (Å²) in [6, 6.07) is 17.9. The van der Waals surface area contributed by atoms with Crippen LogP contribution >= 0.6 is 0 Å². The summed E-state index contributed by atoms with van der Waals surface area (Å²) in [6.07, 6.45) is 4.94. The second kappa shape index (κ2) is 6.96. The molecule has 0 aliphatic rings. The lowest BCUT2D eigenvalue weighted by atomic mass is 10.0.